The minimum atomic E-state index is -4.15. The molecule has 6 nitrogen and oxygen atoms in total. The van der Waals surface area contributed by atoms with Gasteiger partial charge in [0.15, 0.2) is 5.96 Å². The Morgan fingerprint density at radius 3 is 2.93 bits per heavy atom. The van der Waals surface area contributed by atoms with Gasteiger partial charge in [-0.2, -0.15) is 13.2 Å². The van der Waals surface area contributed by atoms with Gasteiger partial charge in [-0.1, -0.05) is 12.1 Å². The van der Waals surface area contributed by atoms with E-state index in [2.05, 4.69) is 25.2 Å². The lowest BCUT2D eigenvalue weighted by atomic mass is 10.3. The fourth-order valence-electron chi connectivity index (χ4n) is 3.38. The van der Waals surface area contributed by atoms with Crippen LogP contribution in [0.15, 0.2) is 35.6 Å². The van der Waals surface area contributed by atoms with E-state index in [-0.39, 0.29) is 6.04 Å². The number of nitrogens with one attached hydrogen (secondary N) is 2. The minimum Gasteiger partial charge on any atom is -0.356 e. The molecule has 0 spiro atoms. The molecule has 148 valence electrons. The number of para-hydroxylation sites is 2. The lowest BCUT2D eigenvalue weighted by molar-refractivity contribution is -0.143. The third kappa shape index (κ3) is 5.59. The van der Waals surface area contributed by atoms with Crippen molar-refractivity contribution in [1.29, 1.82) is 0 Å². The molecule has 3 rings (SSSR count). The Kier molecular flexibility index (Phi) is 6.20. The van der Waals surface area contributed by atoms with E-state index in [1.54, 1.807) is 7.05 Å². The molecule has 1 aromatic carbocycles. The summed E-state index contributed by atoms with van der Waals surface area (Å²) in [7, 11) is 1.67. The highest BCUT2D eigenvalue weighted by Crippen LogP contribution is 2.19. The SMILES string of the molecule is CN=C(NCCCn1cnc2ccccc21)NC1CCN(CC(F)(F)F)C1. The van der Waals surface area contributed by atoms with Crippen LogP contribution in [-0.2, 0) is 6.54 Å². The van der Waals surface area contributed by atoms with Crippen LogP contribution >= 0.6 is 0 Å². The fourth-order valence-corrected chi connectivity index (χ4v) is 3.38. The van der Waals surface area contributed by atoms with Crippen molar-refractivity contribution in [3.8, 4) is 0 Å². The highest BCUT2D eigenvalue weighted by atomic mass is 19.4. The molecule has 27 heavy (non-hydrogen) atoms. The quantitative estimate of drug-likeness (QED) is 0.457. The van der Waals surface area contributed by atoms with Crippen LogP contribution in [0.1, 0.15) is 12.8 Å². The van der Waals surface area contributed by atoms with Crippen LogP contribution in [0.4, 0.5) is 13.2 Å². The summed E-state index contributed by atoms with van der Waals surface area (Å²) < 4.78 is 39.5. The number of aromatic nitrogens is 2. The Morgan fingerprint density at radius 1 is 1.33 bits per heavy atom. The van der Waals surface area contributed by atoms with Gasteiger partial charge < -0.3 is 15.2 Å². The summed E-state index contributed by atoms with van der Waals surface area (Å²) >= 11 is 0. The number of imidazole rings is 1. The van der Waals surface area contributed by atoms with E-state index in [4.69, 9.17) is 0 Å². The molecular formula is C18H25F3N6. The van der Waals surface area contributed by atoms with Gasteiger partial charge in [0.25, 0.3) is 0 Å². The Balaban J connectivity index is 1.40. The van der Waals surface area contributed by atoms with Crippen molar-refractivity contribution < 1.29 is 13.2 Å². The number of rotatable bonds is 6. The van der Waals surface area contributed by atoms with Crippen molar-refractivity contribution in [2.75, 3.05) is 33.2 Å². The van der Waals surface area contributed by atoms with Gasteiger partial charge >= 0.3 is 6.18 Å². The number of aryl methyl sites for hydroxylation is 1. The van der Waals surface area contributed by atoms with E-state index in [0.717, 1.165) is 24.0 Å². The lowest BCUT2D eigenvalue weighted by Crippen LogP contribution is -2.45. The standard InChI is InChI=1S/C18H25F3N6/c1-22-17(25-14-7-10-26(11-14)12-18(19,20)21)23-8-4-9-27-13-24-15-5-2-3-6-16(15)27/h2-3,5-6,13-14H,4,7-12H2,1H3,(H2,22,23,25). The third-order valence-corrected chi connectivity index (χ3v) is 4.64. The molecule has 2 heterocycles. The first kappa shape index (κ1) is 19.5. The number of halogens is 3. The van der Waals surface area contributed by atoms with Crippen molar-refractivity contribution in [1.82, 2.24) is 25.1 Å². The first-order chi connectivity index (χ1) is 12.9. The minimum absolute atomic E-state index is 0.0175. The molecule has 1 saturated heterocycles. The van der Waals surface area contributed by atoms with Crippen LogP contribution in [0.2, 0.25) is 0 Å². The van der Waals surface area contributed by atoms with E-state index in [1.165, 1.54) is 4.90 Å². The van der Waals surface area contributed by atoms with E-state index in [1.807, 2.05) is 30.6 Å². The van der Waals surface area contributed by atoms with E-state index < -0.39 is 12.7 Å². The van der Waals surface area contributed by atoms with Gasteiger partial charge in [-0.25, -0.2) is 4.98 Å². The maximum Gasteiger partial charge on any atom is 0.401 e. The number of nitrogens with zero attached hydrogens (tertiary/aromatic N) is 4. The van der Waals surface area contributed by atoms with Crippen molar-refractivity contribution in [2.45, 2.75) is 31.6 Å². The smallest absolute Gasteiger partial charge is 0.356 e. The second kappa shape index (κ2) is 8.60. The maximum atomic E-state index is 12.5. The van der Waals surface area contributed by atoms with Gasteiger partial charge in [-0.05, 0) is 25.0 Å². The molecule has 1 aliphatic rings. The number of likely N-dealkylation sites (tertiary alicyclic amines) is 1. The lowest BCUT2D eigenvalue weighted by Gasteiger charge is -2.19. The predicted molar refractivity (Wildman–Crippen MR) is 99.7 cm³/mol. The van der Waals surface area contributed by atoms with Gasteiger partial charge in [0.2, 0.25) is 0 Å². The second-order valence-corrected chi connectivity index (χ2v) is 6.76. The molecule has 1 aromatic heterocycles. The summed E-state index contributed by atoms with van der Waals surface area (Å²) in [4.78, 5) is 9.97. The highest BCUT2D eigenvalue weighted by Gasteiger charge is 2.34. The molecule has 0 aliphatic carbocycles. The molecule has 9 heteroatoms. The molecule has 0 bridgehead atoms. The predicted octanol–water partition coefficient (Wildman–Crippen LogP) is 2.23. The first-order valence-electron chi connectivity index (χ1n) is 9.11. The van der Waals surface area contributed by atoms with Crippen molar-refractivity contribution >= 4 is 17.0 Å². The van der Waals surface area contributed by atoms with Crippen molar-refractivity contribution in [3.63, 3.8) is 0 Å². The Morgan fingerprint density at radius 2 is 2.15 bits per heavy atom. The zero-order valence-electron chi connectivity index (χ0n) is 15.3. The molecule has 2 aromatic rings. The summed E-state index contributed by atoms with van der Waals surface area (Å²) in [6, 6.07) is 7.98. The van der Waals surface area contributed by atoms with Crippen LogP contribution in [0.5, 0.6) is 0 Å². The van der Waals surface area contributed by atoms with Crippen molar-refractivity contribution in [2.24, 2.45) is 4.99 Å². The van der Waals surface area contributed by atoms with E-state index in [0.29, 0.717) is 32.0 Å². The Hall–Kier alpha value is -2.29. The van der Waals surface area contributed by atoms with E-state index >= 15 is 0 Å². The summed E-state index contributed by atoms with van der Waals surface area (Å²) in [6.07, 6.45) is -0.748. The summed E-state index contributed by atoms with van der Waals surface area (Å²) in [6.45, 7) is 1.51. The average molecular weight is 382 g/mol. The zero-order chi connectivity index (χ0) is 19.3. The number of fused-ring (bicyclic) bond motifs is 1. The number of alkyl halides is 3. The van der Waals surface area contributed by atoms with Gasteiger partial charge in [0, 0.05) is 39.3 Å². The molecule has 1 atom stereocenters. The topological polar surface area (TPSA) is 57.5 Å². The van der Waals surface area contributed by atoms with Crippen LogP contribution in [0.3, 0.4) is 0 Å². The van der Waals surface area contributed by atoms with Crippen molar-refractivity contribution in [3.05, 3.63) is 30.6 Å². The zero-order valence-corrected chi connectivity index (χ0v) is 15.3. The number of aliphatic imine (C=N–C) groups is 1. The number of guanidine groups is 1. The molecule has 0 amide bonds. The van der Waals surface area contributed by atoms with Gasteiger partial charge in [0.1, 0.15) is 0 Å². The molecule has 2 N–H and O–H groups in total. The molecule has 0 saturated carbocycles. The van der Waals surface area contributed by atoms with Crippen LogP contribution in [-0.4, -0.2) is 65.9 Å². The summed E-state index contributed by atoms with van der Waals surface area (Å²) in [5.74, 6) is 0.629. The van der Waals surface area contributed by atoms with Crippen LogP contribution in [0.25, 0.3) is 11.0 Å². The van der Waals surface area contributed by atoms with Gasteiger partial charge in [-0.15, -0.1) is 0 Å². The number of hydrogen-bond acceptors (Lipinski definition) is 3. The Labute approximate surface area is 156 Å². The monoisotopic (exact) mass is 382 g/mol. The third-order valence-electron chi connectivity index (χ3n) is 4.64. The molecular weight excluding hydrogens is 357 g/mol. The average Bonchev–Trinajstić information content (AvgIpc) is 3.23. The maximum absolute atomic E-state index is 12.5. The first-order valence-corrected chi connectivity index (χ1v) is 9.11. The largest absolute Gasteiger partial charge is 0.401 e. The van der Waals surface area contributed by atoms with Crippen LogP contribution < -0.4 is 10.6 Å². The highest BCUT2D eigenvalue weighted by molar-refractivity contribution is 5.80. The summed E-state index contributed by atoms with van der Waals surface area (Å²) in [5, 5.41) is 6.45. The van der Waals surface area contributed by atoms with Gasteiger partial charge in [-0.3, -0.25) is 9.89 Å². The summed E-state index contributed by atoms with van der Waals surface area (Å²) in [5.41, 5.74) is 2.09. The number of benzene rings is 1. The Bertz CT molecular complexity index is 770. The fraction of sp³-hybridized carbons (Fsp3) is 0.556. The number of hydrogen-bond donors (Lipinski definition) is 2. The molecule has 1 unspecified atom stereocenters. The van der Waals surface area contributed by atoms with Crippen LogP contribution in [0, 0.1) is 0 Å². The normalized spacial score (nSPS) is 19.0. The molecule has 0 radical (unpaired) electrons. The molecule has 1 aliphatic heterocycles. The van der Waals surface area contributed by atoms with E-state index in [9.17, 15) is 13.2 Å². The van der Waals surface area contributed by atoms with Gasteiger partial charge in [0.05, 0.1) is 23.9 Å². The second-order valence-electron chi connectivity index (χ2n) is 6.76. The molecule has 1 fully saturated rings.